The van der Waals surface area contributed by atoms with Crippen LogP contribution in [0, 0.1) is 5.92 Å². The number of methoxy groups -OCH3 is 1. The highest BCUT2D eigenvalue weighted by atomic mass is 16.5. The highest BCUT2D eigenvalue weighted by Gasteiger charge is 2.24. The third kappa shape index (κ3) is 5.52. The monoisotopic (exact) mass is 377 g/mol. The van der Waals surface area contributed by atoms with Crippen molar-refractivity contribution in [1.82, 2.24) is 9.97 Å². The fraction of sp³-hybridized carbons (Fsp3) is 0.737. The molecular formula is C19H31N5O3. The molecule has 1 heterocycles. The van der Waals surface area contributed by atoms with E-state index in [0.29, 0.717) is 23.2 Å². The molecule has 5 N–H and O–H groups in total. The van der Waals surface area contributed by atoms with Gasteiger partial charge in [0.25, 0.3) is 5.91 Å². The molecule has 8 nitrogen and oxygen atoms in total. The second-order valence-corrected chi connectivity index (χ2v) is 7.79. The number of aromatic nitrogens is 2. The fourth-order valence-corrected chi connectivity index (χ4v) is 4.05. The van der Waals surface area contributed by atoms with Gasteiger partial charge in [0.05, 0.1) is 11.7 Å². The quantitative estimate of drug-likeness (QED) is 0.572. The van der Waals surface area contributed by atoms with Crippen LogP contribution in [0.1, 0.15) is 61.7 Å². The molecule has 1 amide bonds. The van der Waals surface area contributed by atoms with E-state index in [9.17, 15) is 9.90 Å². The average Bonchev–Trinajstić information content (AvgIpc) is 2.65. The molecule has 0 bridgehead atoms. The Labute approximate surface area is 160 Å². The standard InChI is InChI=1S/C19H31N5O3/c1-27-11-12-2-4-13(5-3-12)22-18-16(17(20)26)10-21-19(24-18)23-14-6-8-15(25)9-7-14/h10,12-15,25H,2-9,11H2,1H3,(H2,20,26)(H2,21,22,23,24)/t12-,13+,14-,15-. The zero-order valence-electron chi connectivity index (χ0n) is 16.0. The molecule has 2 aliphatic carbocycles. The van der Waals surface area contributed by atoms with E-state index in [1.165, 1.54) is 6.20 Å². The predicted molar refractivity (Wildman–Crippen MR) is 104 cm³/mol. The van der Waals surface area contributed by atoms with Crippen LogP contribution in [0.25, 0.3) is 0 Å². The first kappa shape index (κ1) is 19.8. The number of hydrogen-bond donors (Lipinski definition) is 4. The van der Waals surface area contributed by atoms with Crippen molar-refractivity contribution in [2.75, 3.05) is 24.4 Å². The Balaban J connectivity index is 1.64. The third-order valence-corrected chi connectivity index (χ3v) is 5.67. The summed E-state index contributed by atoms with van der Waals surface area (Å²) in [6.45, 7) is 0.802. The molecule has 0 aromatic carbocycles. The highest BCUT2D eigenvalue weighted by Crippen LogP contribution is 2.28. The van der Waals surface area contributed by atoms with Crippen LogP contribution in [0.2, 0.25) is 0 Å². The van der Waals surface area contributed by atoms with Gasteiger partial charge in [-0.3, -0.25) is 4.79 Å². The van der Waals surface area contributed by atoms with Crippen molar-refractivity contribution in [2.45, 2.75) is 69.6 Å². The summed E-state index contributed by atoms with van der Waals surface area (Å²) in [6.07, 6.45) is 8.85. The van der Waals surface area contributed by atoms with Gasteiger partial charge in [0.2, 0.25) is 5.95 Å². The van der Waals surface area contributed by atoms with E-state index in [1.54, 1.807) is 7.11 Å². The predicted octanol–water partition coefficient (Wildman–Crippen LogP) is 1.91. The van der Waals surface area contributed by atoms with Crippen LogP contribution < -0.4 is 16.4 Å². The summed E-state index contributed by atoms with van der Waals surface area (Å²) >= 11 is 0. The largest absolute Gasteiger partial charge is 0.393 e. The molecule has 3 rings (SSSR count). The molecule has 27 heavy (non-hydrogen) atoms. The van der Waals surface area contributed by atoms with Gasteiger partial charge in [0.1, 0.15) is 5.82 Å². The Hall–Kier alpha value is -1.93. The van der Waals surface area contributed by atoms with Crippen LogP contribution in [0.4, 0.5) is 11.8 Å². The fourth-order valence-electron chi connectivity index (χ4n) is 4.05. The molecule has 0 spiro atoms. The number of nitrogens with two attached hydrogens (primary N) is 1. The summed E-state index contributed by atoms with van der Waals surface area (Å²) in [6, 6.07) is 0.508. The zero-order valence-corrected chi connectivity index (χ0v) is 16.0. The van der Waals surface area contributed by atoms with Crippen molar-refractivity contribution in [3.63, 3.8) is 0 Å². The Bertz CT molecular complexity index is 626. The van der Waals surface area contributed by atoms with Crippen LogP contribution >= 0.6 is 0 Å². The lowest BCUT2D eigenvalue weighted by molar-refractivity contribution is 0.1000. The van der Waals surface area contributed by atoms with Gasteiger partial charge in [-0.2, -0.15) is 4.98 Å². The Morgan fingerprint density at radius 2 is 1.78 bits per heavy atom. The maximum Gasteiger partial charge on any atom is 0.254 e. The Morgan fingerprint density at radius 1 is 1.15 bits per heavy atom. The van der Waals surface area contributed by atoms with Crippen molar-refractivity contribution in [3.8, 4) is 0 Å². The molecule has 0 unspecified atom stereocenters. The minimum absolute atomic E-state index is 0.202. The van der Waals surface area contributed by atoms with Gasteiger partial charge in [-0.1, -0.05) is 0 Å². The number of amides is 1. The lowest BCUT2D eigenvalue weighted by Crippen LogP contribution is -2.31. The van der Waals surface area contributed by atoms with E-state index in [2.05, 4.69) is 20.6 Å². The van der Waals surface area contributed by atoms with Crippen LogP contribution in [-0.2, 0) is 4.74 Å². The number of nitrogens with zero attached hydrogens (tertiary/aromatic N) is 2. The number of carbonyl (C=O) groups is 1. The van der Waals surface area contributed by atoms with Crippen molar-refractivity contribution >= 4 is 17.7 Å². The van der Waals surface area contributed by atoms with Crippen molar-refractivity contribution in [1.29, 1.82) is 0 Å². The summed E-state index contributed by atoms with van der Waals surface area (Å²) < 4.78 is 5.25. The van der Waals surface area contributed by atoms with Gasteiger partial charge < -0.3 is 26.2 Å². The number of aliphatic hydroxyl groups excluding tert-OH is 1. The SMILES string of the molecule is COC[C@H]1CC[C@@H](Nc2nc(N[C@H]3CC[C@H](O)CC3)ncc2C(N)=O)CC1. The van der Waals surface area contributed by atoms with Gasteiger partial charge in [-0.25, -0.2) is 4.98 Å². The van der Waals surface area contributed by atoms with Crippen LogP contribution in [-0.4, -0.2) is 52.9 Å². The van der Waals surface area contributed by atoms with Crippen LogP contribution in [0.15, 0.2) is 6.20 Å². The number of primary amides is 1. The molecule has 2 fully saturated rings. The maximum atomic E-state index is 11.8. The highest BCUT2D eigenvalue weighted by molar-refractivity contribution is 5.97. The van der Waals surface area contributed by atoms with E-state index >= 15 is 0 Å². The number of anilines is 2. The van der Waals surface area contributed by atoms with E-state index in [-0.39, 0.29) is 18.2 Å². The van der Waals surface area contributed by atoms with Gasteiger partial charge in [-0.05, 0) is 57.3 Å². The first-order valence-electron chi connectivity index (χ1n) is 9.92. The number of hydrogen-bond acceptors (Lipinski definition) is 7. The average molecular weight is 377 g/mol. The smallest absolute Gasteiger partial charge is 0.254 e. The van der Waals surface area contributed by atoms with E-state index in [0.717, 1.165) is 58.0 Å². The molecular weight excluding hydrogens is 346 g/mol. The minimum atomic E-state index is -0.530. The van der Waals surface area contributed by atoms with Gasteiger partial charge >= 0.3 is 0 Å². The summed E-state index contributed by atoms with van der Waals surface area (Å²) in [4.78, 5) is 20.6. The Kier molecular flexibility index (Phi) is 6.84. The lowest BCUT2D eigenvalue weighted by atomic mass is 9.86. The summed E-state index contributed by atoms with van der Waals surface area (Å²) in [5.74, 6) is 1.08. The molecule has 0 aliphatic heterocycles. The van der Waals surface area contributed by atoms with Crippen LogP contribution in [0.5, 0.6) is 0 Å². The minimum Gasteiger partial charge on any atom is -0.393 e. The molecule has 2 aliphatic rings. The third-order valence-electron chi connectivity index (χ3n) is 5.67. The summed E-state index contributed by atoms with van der Waals surface area (Å²) in [7, 11) is 1.74. The normalized spacial score (nSPS) is 28.5. The second kappa shape index (κ2) is 9.32. The Morgan fingerprint density at radius 3 is 2.41 bits per heavy atom. The van der Waals surface area contributed by atoms with E-state index in [1.807, 2.05) is 0 Å². The number of carbonyl (C=O) groups excluding carboxylic acids is 1. The van der Waals surface area contributed by atoms with Crippen molar-refractivity contribution in [2.24, 2.45) is 11.7 Å². The first-order chi connectivity index (χ1) is 13.0. The lowest BCUT2D eigenvalue weighted by Gasteiger charge is -2.29. The molecule has 1 aromatic heterocycles. The number of aliphatic hydroxyl groups is 1. The molecule has 150 valence electrons. The van der Waals surface area contributed by atoms with E-state index < -0.39 is 5.91 Å². The first-order valence-corrected chi connectivity index (χ1v) is 9.92. The summed E-state index contributed by atoms with van der Waals surface area (Å²) in [5, 5.41) is 16.4. The molecule has 0 radical (unpaired) electrons. The molecule has 1 aromatic rings. The number of ether oxygens (including phenoxy) is 1. The molecule has 0 saturated heterocycles. The maximum absolute atomic E-state index is 11.8. The molecule has 0 atom stereocenters. The van der Waals surface area contributed by atoms with Crippen LogP contribution in [0.3, 0.4) is 0 Å². The topological polar surface area (TPSA) is 122 Å². The van der Waals surface area contributed by atoms with Gasteiger partial charge in [-0.15, -0.1) is 0 Å². The summed E-state index contributed by atoms with van der Waals surface area (Å²) in [5.41, 5.74) is 5.83. The molecule has 8 heteroatoms. The van der Waals surface area contributed by atoms with Crippen molar-refractivity contribution < 1.29 is 14.6 Å². The molecule has 2 saturated carbocycles. The second-order valence-electron chi connectivity index (χ2n) is 7.79. The van der Waals surface area contributed by atoms with Gasteiger partial charge in [0, 0.05) is 32.0 Å². The van der Waals surface area contributed by atoms with E-state index in [4.69, 9.17) is 10.5 Å². The van der Waals surface area contributed by atoms with Gasteiger partial charge in [0.15, 0.2) is 0 Å². The number of rotatable bonds is 7. The number of nitrogens with one attached hydrogen (secondary N) is 2. The van der Waals surface area contributed by atoms with Crippen molar-refractivity contribution in [3.05, 3.63) is 11.8 Å². The zero-order chi connectivity index (χ0) is 19.2.